The quantitative estimate of drug-likeness (QED) is 0.872. The van der Waals surface area contributed by atoms with Crippen LogP contribution < -0.4 is 10.2 Å². The van der Waals surface area contributed by atoms with Crippen LogP contribution in [0.1, 0.15) is 38.8 Å². The molecular formula is C13H22N4. The molecular weight excluding hydrogens is 212 g/mol. The van der Waals surface area contributed by atoms with Gasteiger partial charge >= 0.3 is 0 Å². The molecule has 1 aliphatic heterocycles. The first kappa shape index (κ1) is 12.1. The molecule has 0 amide bonds. The second-order valence-electron chi connectivity index (χ2n) is 4.76. The van der Waals surface area contributed by atoms with Gasteiger partial charge < -0.3 is 10.2 Å². The highest BCUT2D eigenvalue weighted by atomic mass is 15.2. The van der Waals surface area contributed by atoms with Crippen LogP contribution in [0, 0.1) is 6.92 Å². The normalized spacial score (nSPS) is 20.4. The molecule has 0 radical (unpaired) electrons. The molecule has 17 heavy (non-hydrogen) atoms. The Labute approximate surface area is 103 Å². The number of aryl methyl sites for hydroxylation is 1. The Kier molecular flexibility index (Phi) is 3.82. The lowest BCUT2D eigenvalue weighted by Gasteiger charge is -2.34. The molecule has 0 aliphatic carbocycles. The summed E-state index contributed by atoms with van der Waals surface area (Å²) in [5.41, 5.74) is 1.03. The molecule has 1 aromatic rings. The van der Waals surface area contributed by atoms with Gasteiger partial charge in [0.05, 0.1) is 0 Å². The zero-order chi connectivity index (χ0) is 12.3. The molecule has 2 heterocycles. The number of nitrogens with one attached hydrogen (secondary N) is 1. The van der Waals surface area contributed by atoms with Gasteiger partial charge in [-0.1, -0.05) is 0 Å². The third-order valence-corrected chi connectivity index (χ3v) is 3.27. The van der Waals surface area contributed by atoms with Crippen molar-refractivity contribution in [3.8, 4) is 0 Å². The van der Waals surface area contributed by atoms with E-state index in [0.29, 0.717) is 6.04 Å². The van der Waals surface area contributed by atoms with Gasteiger partial charge in [-0.2, -0.15) is 4.98 Å². The Hall–Kier alpha value is -1.32. The van der Waals surface area contributed by atoms with E-state index in [0.717, 1.165) is 30.5 Å². The fourth-order valence-corrected chi connectivity index (χ4v) is 2.37. The predicted molar refractivity (Wildman–Crippen MR) is 71.6 cm³/mol. The van der Waals surface area contributed by atoms with Crippen molar-refractivity contribution in [1.29, 1.82) is 0 Å². The van der Waals surface area contributed by atoms with Gasteiger partial charge in [0.2, 0.25) is 5.95 Å². The van der Waals surface area contributed by atoms with Crippen LogP contribution in [0.2, 0.25) is 0 Å². The lowest BCUT2D eigenvalue weighted by Crippen LogP contribution is -2.38. The summed E-state index contributed by atoms with van der Waals surface area (Å²) in [6, 6.07) is 2.68. The molecule has 0 spiro atoms. The number of nitrogens with zero attached hydrogens (tertiary/aromatic N) is 3. The number of aromatic nitrogens is 2. The molecule has 0 bridgehead atoms. The molecule has 0 aromatic carbocycles. The molecule has 1 atom stereocenters. The maximum absolute atomic E-state index is 4.60. The SMILES string of the molecule is CCNc1nc(C)cc(N2CCCCC2C)n1. The molecule has 1 aromatic heterocycles. The Balaban J connectivity index is 2.24. The second kappa shape index (κ2) is 5.34. The largest absolute Gasteiger partial charge is 0.354 e. The number of hydrogen-bond acceptors (Lipinski definition) is 4. The average Bonchev–Trinajstić information content (AvgIpc) is 2.29. The standard InChI is InChI=1S/C13H22N4/c1-4-14-13-15-10(2)9-12(16-13)17-8-6-5-7-11(17)3/h9,11H,4-8H2,1-3H3,(H,14,15,16). The van der Waals surface area contributed by atoms with E-state index in [1.165, 1.54) is 19.3 Å². The molecule has 1 fully saturated rings. The maximum atomic E-state index is 4.60. The van der Waals surface area contributed by atoms with Gasteiger partial charge in [-0.05, 0) is 40.0 Å². The van der Waals surface area contributed by atoms with Crippen molar-refractivity contribution in [2.75, 3.05) is 23.3 Å². The van der Waals surface area contributed by atoms with Crippen molar-refractivity contribution in [3.63, 3.8) is 0 Å². The number of piperidine rings is 1. The van der Waals surface area contributed by atoms with E-state index in [-0.39, 0.29) is 0 Å². The molecule has 4 heteroatoms. The van der Waals surface area contributed by atoms with Crippen LogP contribution in [-0.4, -0.2) is 29.1 Å². The highest BCUT2D eigenvalue weighted by Crippen LogP contribution is 2.24. The summed E-state index contributed by atoms with van der Waals surface area (Å²) in [5.74, 6) is 1.82. The molecule has 1 N–H and O–H groups in total. The summed E-state index contributed by atoms with van der Waals surface area (Å²) in [6.07, 6.45) is 3.87. The van der Waals surface area contributed by atoms with Crippen LogP contribution in [0.25, 0.3) is 0 Å². The van der Waals surface area contributed by atoms with Crippen LogP contribution in [0.15, 0.2) is 6.07 Å². The number of anilines is 2. The van der Waals surface area contributed by atoms with Crippen LogP contribution in [0.4, 0.5) is 11.8 Å². The monoisotopic (exact) mass is 234 g/mol. The summed E-state index contributed by atoms with van der Waals surface area (Å²) in [4.78, 5) is 11.4. The minimum absolute atomic E-state index is 0.590. The van der Waals surface area contributed by atoms with Gasteiger partial charge in [0.1, 0.15) is 5.82 Å². The summed E-state index contributed by atoms with van der Waals surface area (Å²) >= 11 is 0. The average molecular weight is 234 g/mol. The molecule has 2 rings (SSSR count). The van der Waals surface area contributed by atoms with E-state index in [2.05, 4.69) is 40.1 Å². The Morgan fingerprint density at radius 1 is 1.41 bits per heavy atom. The van der Waals surface area contributed by atoms with Gasteiger partial charge in [-0.25, -0.2) is 4.98 Å². The van der Waals surface area contributed by atoms with E-state index < -0.39 is 0 Å². The number of hydrogen-bond donors (Lipinski definition) is 1. The summed E-state index contributed by atoms with van der Waals surface area (Å²) in [5, 5.41) is 3.19. The van der Waals surface area contributed by atoms with Crippen LogP contribution in [-0.2, 0) is 0 Å². The van der Waals surface area contributed by atoms with E-state index in [9.17, 15) is 0 Å². The fourth-order valence-electron chi connectivity index (χ4n) is 2.37. The zero-order valence-electron chi connectivity index (χ0n) is 11.0. The molecule has 4 nitrogen and oxygen atoms in total. The first-order valence-corrected chi connectivity index (χ1v) is 6.57. The van der Waals surface area contributed by atoms with E-state index >= 15 is 0 Å². The van der Waals surface area contributed by atoms with Gasteiger partial charge in [-0.15, -0.1) is 0 Å². The Morgan fingerprint density at radius 3 is 2.94 bits per heavy atom. The van der Waals surface area contributed by atoms with Crippen molar-refractivity contribution in [2.24, 2.45) is 0 Å². The van der Waals surface area contributed by atoms with Crippen molar-refractivity contribution < 1.29 is 0 Å². The lowest BCUT2D eigenvalue weighted by atomic mass is 10.0. The van der Waals surface area contributed by atoms with Crippen molar-refractivity contribution in [2.45, 2.75) is 46.1 Å². The second-order valence-corrected chi connectivity index (χ2v) is 4.76. The fraction of sp³-hybridized carbons (Fsp3) is 0.692. The lowest BCUT2D eigenvalue weighted by molar-refractivity contribution is 0.481. The first-order chi connectivity index (χ1) is 8.20. The van der Waals surface area contributed by atoms with Gasteiger partial charge in [-0.3, -0.25) is 0 Å². The highest BCUT2D eigenvalue weighted by molar-refractivity contribution is 5.45. The zero-order valence-corrected chi connectivity index (χ0v) is 11.0. The van der Waals surface area contributed by atoms with Crippen LogP contribution in [0.3, 0.4) is 0 Å². The number of rotatable bonds is 3. The highest BCUT2D eigenvalue weighted by Gasteiger charge is 2.20. The van der Waals surface area contributed by atoms with Crippen molar-refractivity contribution >= 4 is 11.8 Å². The van der Waals surface area contributed by atoms with Crippen LogP contribution >= 0.6 is 0 Å². The summed E-state index contributed by atoms with van der Waals surface area (Å²) in [7, 11) is 0. The summed E-state index contributed by atoms with van der Waals surface area (Å²) < 4.78 is 0. The predicted octanol–water partition coefficient (Wildman–Crippen LogP) is 2.60. The minimum atomic E-state index is 0.590. The van der Waals surface area contributed by atoms with Gasteiger partial charge in [0.15, 0.2) is 0 Å². The third-order valence-electron chi connectivity index (χ3n) is 3.27. The van der Waals surface area contributed by atoms with Gasteiger partial charge in [0, 0.05) is 30.9 Å². The Morgan fingerprint density at radius 2 is 2.24 bits per heavy atom. The van der Waals surface area contributed by atoms with E-state index in [1.54, 1.807) is 0 Å². The van der Waals surface area contributed by atoms with Crippen molar-refractivity contribution in [3.05, 3.63) is 11.8 Å². The molecule has 1 aliphatic rings. The Bertz CT molecular complexity index is 378. The van der Waals surface area contributed by atoms with Gasteiger partial charge in [0.25, 0.3) is 0 Å². The third kappa shape index (κ3) is 2.87. The molecule has 1 saturated heterocycles. The smallest absolute Gasteiger partial charge is 0.224 e. The molecule has 94 valence electrons. The van der Waals surface area contributed by atoms with Crippen LogP contribution in [0.5, 0.6) is 0 Å². The first-order valence-electron chi connectivity index (χ1n) is 6.57. The van der Waals surface area contributed by atoms with E-state index in [1.807, 2.05) is 6.92 Å². The summed E-state index contributed by atoms with van der Waals surface area (Å²) in [6.45, 7) is 8.35. The minimum Gasteiger partial charge on any atom is -0.354 e. The van der Waals surface area contributed by atoms with E-state index in [4.69, 9.17) is 0 Å². The van der Waals surface area contributed by atoms with Crippen molar-refractivity contribution in [1.82, 2.24) is 9.97 Å². The maximum Gasteiger partial charge on any atom is 0.224 e. The topological polar surface area (TPSA) is 41.1 Å². The molecule has 1 unspecified atom stereocenters. The molecule has 0 saturated carbocycles.